The monoisotopic (exact) mass is 417 g/mol. The molecule has 6 nitrogen and oxygen atoms in total. The van der Waals surface area contributed by atoms with Crippen molar-refractivity contribution in [2.24, 2.45) is 7.05 Å². The summed E-state index contributed by atoms with van der Waals surface area (Å²) in [7, 11) is -2.02. The fourth-order valence-corrected chi connectivity index (χ4v) is 4.86. The summed E-state index contributed by atoms with van der Waals surface area (Å²) < 4.78 is 52.8. The molecule has 9 heteroatoms. The van der Waals surface area contributed by atoms with Crippen LogP contribution in [0.4, 0.5) is 8.78 Å². The molecule has 0 bridgehead atoms. The Morgan fingerprint density at radius 3 is 2.14 bits per heavy atom. The van der Waals surface area contributed by atoms with E-state index in [1.165, 1.54) is 33.8 Å². The number of rotatable bonds is 4. The molecule has 0 atom stereocenters. The quantitative estimate of drug-likeness (QED) is 0.612. The lowest BCUT2D eigenvalue weighted by atomic mass is 10.1. The predicted molar refractivity (Wildman–Crippen MR) is 102 cm³/mol. The molecule has 0 unspecified atom stereocenters. The summed E-state index contributed by atoms with van der Waals surface area (Å²) in [5.74, 6) is -1.21. The molecule has 29 heavy (non-hydrogen) atoms. The zero-order valence-corrected chi connectivity index (χ0v) is 16.2. The minimum Gasteiger partial charge on any atom is -0.335 e. The van der Waals surface area contributed by atoms with Gasteiger partial charge in [-0.3, -0.25) is 9.48 Å². The molecule has 1 aromatic heterocycles. The van der Waals surface area contributed by atoms with Crippen LogP contribution in [0.15, 0.2) is 59.5 Å². The minimum atomic E-state index is -3.64. The first-order chi connectivity index (χ1) is 13.8. The van der Waals surface area contributed by atoms with Crippen molar-refractivity contribution in [1.82, 2.24) is 14.7 Å². The number of halogens is 2. The summed E-state index contributed by atoms with van der Waals surface area (Å²) in [5, 5.41) is 3.55. The Morgan fingerprint density at radius 1 is 1.00 bits per heavy atom. The van der Waals surface area contributed by atoms with Gasteiger partial charge < -0.3 is 4.90 Å². The van der Waals surface area contributed by atoms with E-state index in [0.717, 1.165) is 12.1 Å². The number of carbonyl (C=O) groups excluding carboxylic acids is 1. The number of nitrogens with zero attached hydrogens (tertiary/aromatic N) is 3. The van der Waals surface area contributed by atoms with Crippen LogP contribution in [0.25, 0.3) is 11.3 Å². The largest absolute Gasteiger partial charge is 0.335 e. The van der Waals surface area contributed by atoms with Gasteiger partial charge in [-0.15, -0.1) is 0 Å². The molecule has 1 amide bonds. The van der Waals surface area contributed by atoms with Gasteiger partial charge in [0.2, 0.25) is 0 Å². The van der Waals surface area contributed by atoms with Crippen LogP contribution in [-0.4, -0.2) is 47.3 Å². The van der Waals surface area contributed by atoms with Crippen LogP contribution >= 0.6 is 0 Å². The van der Waals surface area contributed by atoms with Gasteiger partial charge in [0.05, 0.1) is 10.6 Å². The zero-order valence-electron chi connectivity index (χ0n) is 15.4. The van der Waals surface area contributed by atoms with Crippen LogP contribution < -0.4 is 0 Å². The Hall–Kier alpha value is -3.07. The van der Waals surface area contributed by atoms with E-state index in [1.54, 1.807) is 25.2 Å². The molecule has 1 aliphatic rings. The van der Waals surface area contributed by atoms with Gasteiger partial charge in [0.25, 0.3) is 5.91 Å². The highest BCUT2D eigenvalue weighted by Crippen LogP contribution is 2.26. The number of likely N-dealkylation sites (tertiary alicyclic amines) is 1. The fraction of sp³-hybridized carbons (Fsp3) is 0.200. The van der Waals surface area contributed by atoms with Gasteiger partial charge in [0, 0.05) is 25.7 Å². The van der Waals surface area contributed by atoms with Crippen LogP contribution in [0.5, 0.6) is 0 Å². The molecule has 1 fully saturated rings. The van der Waals surface area contributed by atoms with Crippen molar-refractivity contribution < 1.29 is 22.0 Å². The van der Waals surface area contributed by atoms with E-state index < -0.39 is 20.9 Å². The molecular weight excluding hydrogens is 400 g/mol. The molecule has 0 spiro atoms. The number of aromatic nitrogens is 2. The third kappa shape index (κ3) is 3.53. The Balaban J connectivity index is 1.48. The fourth-order valence-electron chi connectivity index (χ4n) is 3.21. The lowest BCUT2D eigenvalue weighted by Crippen LogP contribution is -2.57. The number of carbonyl (C=O) groups is 1. The first-order valence-corrected chi connectivity index (χ1v) is 10.4. The van der Waals surface area contributed by atoms with E-state index in [9.17, 15) is 22.0 Å². The molecule has 150 valence electrons. The van der Waals surface area contributed by atoms with Gasteiger partial charge in [0.15, 0.2) is 9.84 Å². The van der Waals surface area contributed by atoms with E-state index in [4.69, 9.17) is 0 Å². The third-order valence-electron chi connectivity index (χ3n) is 4.96. The molecule has 4 rings (SSSR count). The summed E-state index contributed by atoms with van der Waals surface area (Å²) >= 11 is 0. The summed E-state index contributed by atoms with van der Waals surface area (Å²) in [6.07, 6.45) is 0. The molecule has 0 N–H and O–H groups in total. The van der Waals surface area contributed by atoms with Crippen LogP contribution in [-0.2, 0) is 16.9 Å². The van der Waals surface area contributed by atoms with E-state index in [0.29, 0.717) is 17.0 Å². The first kappa shape index (κ1) is 19.3. The molecule has 0 radical (unpaired) electrons. The maximum absolute atomic E-state index is 13.1. The van der Waals surface area contributed by atoms with Crippen molar-refractivity contribution >= 4 is 15.7 Å². The maximum Gasteiger partial charge on any atom is 0.272 e. The Bertz CT molecular complexity index is 1170. The maximum atomic E-state index is 13.1. The molecule has 1 aliphatic heterocycles. The van der Waals surface area contributed by atoms with Crippen molar-refractivity contribution in [3.05, 3.63) is 71.9 Å². The Labute approximate surface area is 166 Å². The second-order valence-electron chi connectivity index (χ2n) is 6.88. The predicted octanol–water partition coefficient (Wildman–Crippen LogP) is 2.66. The van der Waals surface area contributed by atoms with Crippen molar-refractivity contribution in [2.45, 2.75) is 10.1 Å². The highest BCUT2D eigenvalue weighted by Gasteiger charge is 2.41. The van der Waals surface area contributed by atoms with E-state index >= 15 is 0 Å². The second-order valence-corrected chi connectivity index (χ2v) is 9.10. The molecular formula is C20H17F2N3O3S. The minimum absolute atomic E-state index is 0.0372. The summed E-state index contributed by atoms with van der Waals surface area (Å²) in [5.41, 5.74) is 1.50. The van der Waals surface area contributed by atoms with Crippen LogP contribution in [0.2, 0.25) is 0 Å². The highest BCUT2D eigenvalue weighted by atomic mass is 32.2. The summed E-state index contributed by atoms with van der Waals surface area (Å²) in [4.78, 5) is 14.2. The number of aryl methyl sites for hydroxylation is 1. The van der Waals surface area contributed by atoms with E-state index in [-0.39, 0.29) is 29.7 Å². The lowest BCUT2D eigenvalue weighted by molar-refractivity contribution is 0.0647. The van der Waals surface area contributed by atoms with Crippen molar-refractivity contribution in [3.8, 4) is 11.3 Å². The standard InChI is InChI=1S/C20H17F2N3O3S/c1-24-19(10-18(23-24)13-2-4-14(21)5-3-13)20(26)25-11-17(12-25)29(27,28)16-8-6-15(22)7-9-16/h2-10,17H,11-12H2,1H3. The van der Waals surface area contributed by atoms with Crippen molar-refractivity contribution in [3.63, 3.8) is 0 Å². The van der Waals surface area contributed by atoms with Gasteiger partial charge in [-0.05, 0) is 54.6 Å². The molecule has 2 heterocycles. The average molecular weight is 417 g/mol. The lowest BCUT2D eigenvalue weighted by Gasteiger charge is -2.38. The van der Waals surface area contributed by atoms with Gasteiger partial charge in [-0.25, -0.2) is 17.2 Å². The molecule has 0 saturated carbocycles. The number of benzene rings is 2. The van der Waals surface area contributed by atoms with E-state index in [1.807, 2.05) is 0 Å². The van der Waals surface area contributed by atoms with Gasteiger partial charge >= 0.3 is 0 Å². The first-order valence-electron chi connectivity index (χ1n) is 8.84. The summed E-state index contributed by atoms with van der Waals surface area (Å²) in [6.45, 7) is 0.102. The van der Waals surface area contributed by atoms with Crippen molar-refractivity contribution in [2.75, 3.05) is 13.1 Å². The van der Waals surface area contributed by atoms with Gasteiger partial charge in [-0.2, -0.15) is 5.10 Å². The Kier molecular flexibility index (Phi) is 4.70. The third-order valence-corrected chi connectivity index (χ3v) is 7.06. The van der Waals surface area contributed by atoms with Crippen LogP contribution in [0.1, 0.15) is 10.5 Å². The normalized spacial score (nSPS) is 14.7. The average Bonchev–Trinajstić information content (AvgIpc) is 3.03. The smallest absolute Gasteiger partial charge is 0.272 e. The number of amides is 1. The summed E-state index contributed by atoms with van der Waals surface area (Å²) in [6, 6.07) is 12.0. The van der Waals surface area contributed by atoms with Crippen molar-refractivity contribution in [1.29, 1.82) is 0 Å². The van der Waals surface area contributed by atoms with Gasteiger partial charge in [0.1, 0.15) is 22.6 Å². The van der Waals surface area contributed by atoms with Crippen LogP contribution in [0, 0.1) is 11.6 Å². The number of hydrogen-bond donors (Lipinski definition) is 0. The van der Waals surface area contributed by atoms with Crippen LogP contribution in [0.3, 0.4) is 0 Å². The Morgan fingerprint density at radius 2 is 1.55 bits per heavy atom. The van der Waals surface area contributed by atoms with Gasteiger partial charge in [-0.1, -0.05) is 0 Å². The van der Waals surface area contributed by atoms with E-state index in [2.05, 4.69) is 5.10 Å². The highest BCUT2D eigenvalue weighted by molar-refractivity contribution is 7.92. The number of sulfone groups is 1. The SMILES string of the molecule is Cn1nc(-c2ccc(F)cc2)cc1C(=O)N1CC(S(=O)(=O)c2ccc(F)cc2)C1. The number of hydrogen-bond acceptors (Lipinski definition) is 4. The molecule has 0 aliphatic carbocycles. The topological polar surface area (TPSA) is 72.3 Å². The molecule has 2 aromatic carbocycles. The zero-order chi connectivity index (χ0) is 20.8. The molecule has 1 saturated heterocycles. The molecule has 3 aromatic rings. The second kappa shape index (κ2) is 7.07.